The number of carbonyl (C=O) groups is 2. The molecule has 1 aromatic carbocycles. The van der Waals surface area contributed by atoms with Gasteiger partial charge in [-0.1, -0.05) is 11.6 Å². The van der Waals surface area contributed by atoms with Gasteiger partial charge in [0.1, 0.15) is 11.3 Å². The fourth-order valence-electron chi connectivity index (χ4n) is 3.95. The summed E-state index contributed by atoms with van der Waals surface area (Å²) in [6.45, 7) is 1.74. The number of likely N-dealkylation sites (tertiary alicyclic amines) is 1. The molecule has 0 aliphatic carbocycles. The second kappa shape index (κ2) is 8.10. The Bertz CT molecular complexity index is 1140. The molecule has 2 N–H and O–H groups in total. The van der Waals surface area contributed by atoms with Gasteiger partial charge in [-0.05, 0) is 31.0 Å². The quantitative estimate of drug-likeness (QED) is 0.651. The molecule has 1 aliphatic heterocycles. The number of hydrogen-bond donors (Lipinski definition) is 1. The number of hydrogen-bond acceptors (Lipinski definition) is 5. The summed E-state index contributed by atoms with van der Waals surface area (Å²) in [5.74, 6) is 1.30. The molecule has 3 heterocycles. The Labute approximate surface area is 179 Å². The van der Waals surface area contributed by atoms with E-state index in [1.165, 1.54) is 0 Å². The van der Waals surface area contributed by atoms with E-state index in [2.05, 4.69) is 9.55 Å². The second-order valence-electron chi connectivity index (χ2n) is 7.85. The van der Waals surface area contributed by atoms with Crippen LogP contribution in [-0.4, -0.2) is 56.8 Å². The molecule has 1 aliphatic rings. The maximum atomic E-state index is 12.2. The van der Waals surface area contributed by atoms with Gasteiger partial charge in [0.2, 0.25) is 11.8 Å². The van der Waals surface area contributed by atoms with Crippen molar-refractivity contribution >= 4 is 51.2 Å². The maximum Gasteiger partial charge on any atom is 0.223 e. The van der Waals surface area contributed by atoms with Gasteiger partial charge in [-0.3, -0.25) is 9.59 Å². The lowest BCUT2D eigenvalue weighted by molar-refractivity contribution is -0.129. The van der Waals surface area contributed by atoms with Crippen molar-refractivity contribution in [3.8, 4) is 0 Å². The van der Waals surface area contributed by atoms with Crippen molar-refractivity contribution in [2.24, 2.45) is 0 Å². The Kier molecular flexibility index (Phi) is 5.51. The van der Waals surface area contributed by atoms with Crippen LogP contribution in [-0.2, 0) is 22.7 Å². The molecule has 3 aromatic rings. The predicted molar refractivity (Wildman–Crippen MR) is 117 cm³/mol. The normalized spacial score (nSPS) is 14.2. The number of imidazole rings is 1. The Morgan fingerprint density at radius 3 is 2.80 bits per heavy atom. The van der Waals surface area contributed by atoms with Crippen molar-refractivity contribution in [3.63, 3.8) is 0 Å². The Morgan fingerprint density at radius 2 is 2.10 bits per heavy atom. The van der Waals surface area contributed by atoms with E-state index in [4.69, 9.17) is 22.3 Å². The number of nitrogens with two attached hydrogens (primary N) is 1. The molecule has 1 fully saturated rings. The van der Waals surface area contributed by atoms with Crippen molar-refractivity contribution in [3.05, 3.63) is 29.0 Å². The molecule has 0 radical (unpaired) electrons. The minimum atomic E-state index is 0.0773. The van der Waals surface area contributed by atoms with Crippen LogP contribution in [0.3, 0.4) is 0 Å². The van der Waals surface area contributed by atoms with Gasteiger partial charge < -0.3 is 20.1 Å². The van der Waals surface area contributed by atoms with Gasteiger partial charge in [0.15, 0.2) is 5.82 Å². The smallest absolute Gasteiger partial charge is 0.223 e. The standard InChI is InChI=1S/C21H25ClN6O2/c1-26(2)17(29)5-4-10-28-16(12-27-9-3-6-18(27)30)25-19-20(28)14-8-7-13(22)11-15(14)24-21(19)23/h7-8,11H,3-6,9-10,12H2,1-2H3,(H2,23,24). The molecule has 2 amide bonds. The molecule has 2 aromatic heterocycles. The Balaban J connectivity index is 1.80. The summed E-state index contributed by atoms with van der Waals surface area (Å²) in [7, 11) is 3.51. The third-order valence-electron chi connectivity index (χ3n) is 5.52. The van der Waals surface area contributed by atoms with E-state index in [0.717, 1.165) is 29.7 Å². The van der Waals surface area contributed by atoms with Crippen molar-refractivity contribution < 1.29 is 9.59 Å². The van der Waals surface area contributed by atoms with Gasteiger partial charge in [0.05, 0.1) is 17.6 Å². The van der Waals surface area contributed by atoms with E-state index in [1.54, 1.807) is 25.1 Å². The van der Waals surface area contributed by atoms with E-state index >= 15 is 0 Å². The molecule has 0 atom stereocenters. The van der Waals surface area contributed by atoms with Crippen LogP contribution < -0.4 is 5.73 Å². The lowest BCUT2D eigenvalue weighted by Crippen LogP contribution is -2.26. The number of benzene rings is 1. The predicted octanol–water partition coefficient (Wildman–Crippen LogP) is 2.81. The van der Waals surface area contributed by atoms with Crippen molar-refractivity contribution in [2.45, 2.75) is 38.8 Å². The van der Waals surface area contributed by atoms with Gasteiger partial charge >= 0.3 is 0 Å². The topological polar surface area (TPSA) is 97.4 Å². The van der Waals surface area contributed by atoms with Gasteiger partial charge in [0.25, 0.3) is 0 Å². The molecule has 9 heteroatoms. The van der Waals surface area contributed by atoms with E-state index in [9.17, 15) is 9.59 Å². The van der Waals surface area contributed by atoms with Crippen LogP contribution in [0.2, 0.25) is 5.02 Å². The summed E-state index contributed by atoms with van der Waals surface area (Å²) in [5.41, 5.74) is 8.42. The average molecular weight is 429 g/mol. The monoisotopic (exact) mass is 428 g/mol. The average Bonchev–Trinajstić information content (AvgIpc) is 3.26. The van der Waals surface area contributed by atoms with Crippen molar-refractivity contribution in [2.75, 3.05) is 26.4 Å². The number of nitrogens with zero attached hydrogens (tertiary/aromatic N) is 5. The van der Waals surface area contributed by atoms with Gasteiger partial charge in [-0.25, -0.2) is 9.97 Å². The number of amides is 2. The molecule has 0 unspecified atom stereocenters. The molecule has 0 spiro atoms. The van der Waals surface area contributed by atoms with Crippen molar-refractivity contribution in [1.82, 2.24) is 24.3 Å². The summed E-state index contributed by atoms with van der Waals surface area (Å²) in [5, 5.41) is 1.48. The molecule has 158 valence electrons. The van der Waals surface area contributed by atoms with Crippen LogP contribution in [0, 0.1) is 0 Å². The first-order valence-electron chi connectivity index (χ1n) is 10.1. The van der Waals surface area contributed by atoms with Crippen LogP contribution in [0.25, 0.3) is 21.9 Å². The van der Waals surface area contributed by atoms with Gasteiger partial charge in [-0.2, -0.15) is 0 Å². The van der Waals surface area contributed by atoms with Gasteiger partial charge in [0, 0.05) is 50.4 Å². The summed E-state index contributed by atoms with van der Waals surface area (Å²) in [6, 6.07) is 5.52. The van der Waals surface area contributed by atoms with Crippen LogP contribution in [0.5, 0.6) is 0 Å². The van der Waals surface area contributed by atoms with E-state index in [1.807, 2.05) is 17.0 Å². The summed E-state index contributed by atoms with van der Waals surface area (Å²) >= 11 is 6.16. The molecule has 4 rings (SSSR count). The summed E-state index contributed by atoms with van der Waals surface area (Å²) < 4.78 is 2.08. The van der Waals surface area contributed by atoms with Crippen LogP contribution in [0.15, 0.2) is 18.2 Å². The number of aryl methyl sites for hydroxylation is 1. The molecule has 8 nitrogen and oxygen atoms in total. The number of pyridine rings is 1. The number of nitrogen functional groups attached to an aromatic ring is 1. The number of anilines is 1. The van der Waals surface area contributed by atoms with Crippen LogP contribution in [0.1, 0.15) is 31.5 Å². The number of rotatable bonds is 6. The number of carbonyl (C=O) groups excluding carboxylic acids is 2. The third kappa shape index (κ3) is 3.79. The summed E-state index contributed by atoms with van der Waals surface area (Å²) in [6.07, 6.45) is 2.52. The highest BCUT2D eigenvalue weighted by Crippen LogP contribution is 2.31. The minimum absolute atomic E-state index is 0.0773. The van der Waals surface area contributed by atoms with E-state index < -0.39 is 0 Å². The first-order chi connectivity index (χ1) is 14.3. The number of fused-ring (bicyclic) bond motifs is 3. The zero-order valence-corrected chi connectivity index (χ0v) is 17.9. The molecule has 0 saturated carbocycles. The van der Waals surface area contributed by atoms with E-state index in [-0.39, 0.29) is 11.8 Å². The van der Waals surface area contributed by atoms with Crippen molar-refractivity contribution in [1.29, 1.82) is 0 Å². The second-order valence-corrected chi connectivity index (χ2v) is 8.28. The highest BCUT2D eigenvalue weighted by atomic mass is 35.5. The van der Waals surface area contributed by atoms with Gasteiger partial charge in [-0.15, -0.1) is 0 Å². The first-order valence-corrected chi connectivity index (χ1v) is 10.4. The highest BCUT2D eigenvalue weighted by molar-refractivity contribution is 6.31. The maximum absolute atomic E-state index is 12.2. The van der Waals surface area contributed by atoms with E-state index in [0.29, 0.717) is 54.2 Å². The number of halogens is 1. The zero-order chi connectivity index (χ0) is 21.4. The SMILES string of the molecule is CN(C)C(=O)CCCn1c(CN2CCCC2=O)nc2c(N)nc3cc(Cl)ccc3c21. The molecular weight excluding hydrogens is 404 g/mol. The molecule has 30 heavy (non-hydrogen) atoms. The number of aromatic nitrogens is 3. The Hall–Kier alpha value is -2.87. The summed E-state index contributed by atoms with van der Waals surface area (Å²) in [4.78, 5) is 36.9. The Morgan fingerprint density at radius 1 is 1.30 bits per heavy atom. The minimum Gasteiger partial charge on any atom is -0.382 e. The lowest BCUT2D eigenvalue weighted by Gasteiger charge is -2.17. The van der Waals surface area contributed by atoms with Crippen LogP contribution in [0.4, 0.5) is 5.82 Å². The van der Waals surface area contributed by atoms with Crippen LogP contribution >= 0.6 is 11.6 Å². The lowest BCUT2D eigenvalue weighted by atomic mass is 10.2. The fourth-order valence-corrected chi connectivity index (χ4v) is 4.11. The third-order valence-corrected chi connectivity index (χ3v) is 5.75. The first kappa shape index (κ1) is 20.4. The molecular formula is C21H25ClN6O2. The fraction of sp³-hybridized carbons (Fsp3) is 0.429. The largest absolute Gasteiger partial charge is 0.382 e. The highest BCUT2D eigenvalue weighted by Gasteiger charge is 2.24. The molecule has 1 saturated heterocycles. The zero-order valence-electron chi connectivity index (χ0n) is 17.2. The molecule has 0 bridgehead atoms.